The van der Waals surface area contributed by atoms with Crippen LogP contribution in [0.25, 0.3) is 22.3 Å². The SMILES string of the molecule is C[Si](C)(C)CCOCOc1nc(-c2ccncc2)nc2cnc(Cl)cc12. The molecule has 3 aromatic rings. The summed E-state index contributed by atoms with van der Waals surface area (Å²) in [6, 6.07) is 6.47. The zero-order chi connectivity index (χ0) is 18.6. The number of hydrogen-bond acceptors (Lipinski definition) is 6. The molecule has 0 aliphatic heterocycles. The van der Waals surface area contributed by atoms with Gasteiger partial charge in [0, 0.05) is 32.6 Å². The molecule has 0 bridgehead atoms. The fourth-order valence-corrected chi connectivity index (χ4v) is 3.17. The first-order valence-electron chi connectivity index (χ1n) is 8.37. The lowest BCUT2D eigenvalue weighted by Crippen LogP contribution is -2.22. The maximum absolute atomic E-state index is 6.02. The van der Waals surface area contributed by atoms with Gasteiger partial charge in [-0.2, -0.15) is 4.98 Å². The van der Waals surface area contributed by atoms with Crippen molar-refractivity contribution in [3.05, 3.63) is 41.9 Å². The summed E-state index contributed by atoms with van der Waals surface area (Å²) in [7, 11) is -1.13. The van der Waals surface area contributed by atoms with E-state index in [1.807, 2.05) is 12.1 Å². The van der Waals surface area contributed by atoms with E-state index in [0.717, 1.165) is 11.6 Å². The number of hydrogen-bond donors (Lipinski definition) is 0. The Balaban J connectivity index is 1.83. The normalized spacial score (nSPS) is 11.7. The lowest BCUT2D eigenvalue weighted by atomic mass is 10.2. The number of pyridine rings is 2. The van der Waals surface area contributed by atoms with E-state index >= 15 is 0 Å². The van der Waals surface area contributed by atoms with Crippen molar-refractivity contribution < 1.29 is 9.47 Å². The van der Waals surface area contributed by atoms with Gasteiger partial charge in [-0.25, -0.2) is 9.97 Å². The minimum absolute atomic E-state index is 0.131. The first-order valence-corrected chi connectivity index (χ1v) is 12.5. The van der Waals surface area contributed by atoms with Crippen molar-refractivity contribution >= 4 is 30.6 Å². The van der Waals surface area contributed by atoms with Gasteiger partial charge >= 0.3 is 0 Å². The van der Waals surface area contributed by atoms with Crippen molar-refractivity contribution in [3.8, 4) is 17.3 Å². The molecule has 3 heterocycles. The van der Waals surface area contributed by atoms with Crippen LogP contribution in [0.2, 0.25) is 30.8 Å². The first-order chi connectivity index (χ1) is 12.4. The van der Waals surface area contributed by atoms with Crippen LogP contribution < -0.4 is 4.74 Å². The van der Waals surface area contributed by atoms with E-state index in [0.29, 0.717) is 34.4 Å². The zero-order valence-corrected chi connectivity index (χ0v) is 16.8. The molecule has 0 amide bonds. The van der Waals surface area contributed by atoms with E-state index in [4.69, 9.17) is 21.1 Å². The predicted molar refractivity (Wildman–Crippen MR) is 105 cm³/mol. The Morgan fingerprint density at radius 2 is 1.88 bits per heavy atom. The minimum Gasteiger partial charge on any atom is -0.450 e. The molecule has 0 fully saturated rings. The second kappa shape index (κ2) is 8.07. The van der Waals surface area contributed by atoms with E-state index in [2.05, 4.69) is 39.6 Å². The fourth-order valence-electron chi connectivity index (χ4n) is 2.25. The third-order valence-corrected chi connectivity index (χ3v) is 5.64. The van der Waals surface area contributed by atoms with Crippen LogP contribution in [0.5, 0.6) is 5.88 Å². The predicted octanol–water partition coefficient (Wildman–Crippen LogP) is 4.43. The molecular formula is C18H21ClN4O2Si. The van der Waals surface area contributed by atoms with Crippen LogP contribution >= 0.6 is 11.6 Å². The Hall–Kier alpha value is -2.09. The third-order valence-electron chi connectivity index (χ3n) is 3.73. The highest BCUT2D eigenvalue weighted by Gasteiger charge is 2.14. The Bertz CT molecular complexity index is 887. The molecule has 0 aliphatic carbocycles. The minimum atomic E-state index is -1.13. The van der Waals surface area contributed by atoms with Gasteiger partial charge in [-0.3, -0.25) is 4.98 Å². The summed E-state index contributed by atoms with van der Waals surface area (Å²) in [6.07, 6.45) is 5.01. The molecule has 0 saturated carbocycles. The average Bonchev–Trinajstić information content (AvgIpc) is 2.61. The molecule has 0 saturated heterocycles. The number of halogens is 1. The summed E-state index contributed by atoms with van der Waals surface area (Å²) in [6.45, 7) is 7.74. The van der Waals surface area contributed by atoms with Gasteiger partial charge in [-0.1, -0.05) is 31.2 Å². The summed E-state index contributed by atoms with van der Waals surface area (Å²) in [4.78, 5) is 17.2. The number of aromatic nitrogens is 4. The molecule has 3 aromatic heterocycles. The van der Waals surface area contributed by atoms with Gasteiger partial charge < -0.3 is 9.47 Å². The summed E-state index contributed by atoms with van der Waals surface area (Å²) < 4.78 is 11.4. The van der Waals surface area contributed by atoms with Gasteiger partial charge in [-0.15, -0.1) is 0 Å². The highest BCUT2D eigenvalue weighted by molar-refractivity contribution is 6.76. The van der Waals surface area contributed by atoms with Gasteiger partial charge in [0.25, 0.3) is 0 Å². The van der Waals surface area contributed by atoms with Gasteiger partial charge in [-0.05, 0) is 24.2 Å². The number of rotatable bonds is 7. The molecule has 0 N–H and O–H groups in total. The van der Waals surface area contributed by atoms with Crippen LogP contribution in [0, 0.1) is 0 Å². The molecule has 0 radical (unpaired) electrons. The lowest BCUT2D eigenvalue weighted by molar-refractivity contribution is 0.0203. The Kier molecular flexibility index (Phi) is 5.80. The van der Waals surface area contributed by atoms with Crippen LogP contribution in [0.1, 0.15) is 0 Å². The second-order valence-corrected chi connectivity index (χ2v) is 13.1. The monoisotopic (exact) mass is 388 g/mol. The molecule has 0 unspecified atom stereocenters. The topological polar surface area (TPSA) is 70.0 Å². The molecule has 0 aliphatic rings. The van der Waals surface area contributed by atoms with Gasteiger partial charge in [0.15, 0.2) is 12.6 Å². The van der Waals surface area contributed by atoms with Crippen LogP contribution in [0.3, 0.4) is 0 Å². The van der Waals surface area contributed by atoms with Gasteiger partial charge in [0.2, 0.25) is 5.88 Å². The van der Waals surface area contributed by atoms with Crippen molar-refractivity contribution in [3.63, 3.8) is 0 Å². The Morgan fingerprint density at radius 3 is 2.62 bits per heavy atom. The molecule has 8 heteroatoms. The molecule has 136 valence electrons. The maximum atomic E-state index is 6.02. The van der Waals surface area contributed by atoms with Crippen molar-refractivity contribution in [2.75, 3.05) is 13.4 Å². The molecular weight excluding hydrogens is 368 g/mol. The number of fused-ring (bicyclic) bond motifs is 1. The van der Waals surface area contributed by atoms with Gasteiger partial charge in [0.05, 0.1) is 17.1 Å². The van der Waals surface area contributed by atoms with E-state index in [1.54, 1.807) is 24.7 Å². The summed E-state index contributed by atoms with van der Waals surface area (Å²) in [5, 5.41) is 1.07. The van der Waals surface area contributed by atoms with Gasteiger partial charge in [0.1, 0.15) is 5.15 Å². The molecule has 0 aromatic carbocycles. The smallest absolute Gasteiger partial charge is 0.227 e. The highest BCUT2D eigenvalue weighted by Crippen LogP contribution is 2.27. The first kappa shape index (κ1) is 18.7. The van der Waals surface area contributed by atoms with Crippen LogP contribution in [-0.2, 0) is 4.74 Å². The lowest BCUT2D eigenvalue weighted by Gasteiger charge is -2.15. The van der Waals surface area contributed by atoms with Crippen molar-refractivity contribution in [1.82, 2.24) is 19.9 Å². The molecule has 0 atom stereocenters. The highest BCUT2D eigenvalue weighted by atomic mass is 35.5. The fraction of sp³-hybridized carbons (Fsp3) is 0.333. The molecule has 3 rings (SSSR count). The Morgan fingerprint density at radius 1 is 1.12 bits per heavy atom. The van der Waals surface area contributed by atoms with Crippen molar-refractivity contribution in [1.29, 1.82) is 0 Å². The van der Waals surface area contributed by atoms with E-state index in [9.17, 15) is 0 Å². The summed E-state index contributed by atoms with van der Waals surface area (Å²) in [5.74, 6) is 0.972. The molecule has 6 nitrogen and oxygen atoms in total. The van der Waals surface area contributed by atoms with Crippen molar-refractivity contribution in [2.24, 2.45) is 0 Å². The summed E-state index contributed by atoms with van der Waals surface area (Å²) in [5.41, 5.74) is 1.51. The largest absolute Gasteiger partial charge is 0.450 e. The Labute approximate surface area is 158 Å². The van der Waals surface area contributed by atoms with E-state index in [1.165, 1.54) is 0 Å². The number of nitrogens with zero attached hydrogens (tertiary/aromatic N) is 4. The standard InChI is InChI=1S/C18H21ClN4O2Si/c1-26(2,3)9-8-24-12-25-18-14-10-16(19)21-11-15(14)22-17(23-18)13-4-6-20-7-5-13/h4-7,10-11H,8-9,12H2,1-3H3. The third kappa shape index (κ3) is 4.97. The molecule has 0 spiro atoms. The van der Waals surface area contributed by atoms with Crippen LogP contribution in [0.15, 0.2) is 36.8 Å². The van der Waals surface area contributed by atoms with E-state index in [-0.39, 0.29) is 6.79 Å². The zero-order valence-electron chi connectivity index (χ0n) is 15.1. The average molecular weight is 389 g/mol. The quantitative estimate of drug-likeness (QED) is 0.258. The van der Waals surface area contributed by atoms with Crippen LogP contribution in [-0.4, -0.2) is 41.4 Å². The van der Waals surface area contributed by atoms with Crippen LogP contribution in [0.4, 0.5) is 0 Å². The summed E-state index contributed by atoms with van der Waals surface area (Å²) >= 11 is 6.02. The van der Waals surface area contributed by atoms with Crippen molar-refractivity contribution in [2.45, 2.75) is 25.7 Å². The maximum Gasteiger partial charge on any atom is 0.227 e. The molecule has 26 heavy (non-hydrogen) atoms. The number of ether oxygens (including phenoxy) is 2. The second-order valence-electron chi connectivity index (χ2n) is 7.09. The van der Waals surface area contributed by atoms with E-state index < -0.39 is 8.07 Å².